The van der Waals surface area contributed by atoms with Crippen LogP contribution in [0.4, 0.5) is 19.3 Å². The second-order valence-electron chi connectivity index (χ2n) is 7.19. The third kappa shape index (κ3) is 4.22. The Morgan fingerprint density at radius 1 is 1.32 bits per heavy atom. The number of carbonyl (C=O) groups is 1. The van der Waals surface area contributed by atoms with E-state index in [1.54, 1.807) is 25.3 Å². The highest BCUT2D eigenvalue weighted by Gasteiger charge is 2.28. The zero-order valence-corrected chi connectivity index (χ0v) is 16.9. The normalized spacial score (nSPS) is 13.7. The molecule has 0 fully saturated rings. The van der Waals surface area contributed by atoms with Gasteiger partial charge in [0.15, 0.2) is 0 Å². The molecule has 162 valence electrons. The number of hydrogen-bond acceptors (Lipinski definition) is 4. The van der Waals surface area contributed by atoms with E-state index in [-0.39, 0.29) is 0 Å². The van der Waals surface area contributed by atoms with Crippen LogP contribution in [0.1, 0.15) is 24.1 Å². The maximum absolute atomic E-state index is 14.7. The SMILES string of the molecule is CCOc1cc(F)cc([C@@H](CO)NC(=O)N2CCc3cc(-c4cn[nH]c4)c(F)cc32)c1. The van der Waals surface area contributed by atoms with Crippen LogP contribution in [-0.4, -0.2) is 41.1 Å². The van der Waals surface area contributed by atoms with Crippen LogP contribution < -0.4 is 15.0 Å². The van der Waals surface area contributed by atoms with Crippen LogP contribution in [0.25, 0.3) is 11.1 Å². The predicted molar refractivity (Wildman–Crippen MR) is 111 cm³/mol. The Labute approximate surface area is 177 Å². The van der Waals surface area contributed by atoms with Crippen LogP contribution in [0, 0.1) is 11.6 Å². The average Bonchev–Trinajstić information content (AvgIpc) is 3.40. The molecule has 2 amide bonds. The summed E-state index contributed by atoms with van der Waals surface area (Å²) in [6, 6.07) is 5.74. The van der Waals surface area contributed by atoms with Gasteiger partial charge in [0.2, 0.25) is 0 Å². The van der Waals surface area contributed by atoms with Gasteiger partial charge < -0.3 is 15.2 Å². The number of aliphatic hydroxyl groups excluding tert-OH is 1. The van der Waals surface area contributed by atoms with E-state index in [9.17, 15) is 18.7 Å². The largest absolute Gasteiger partial charge is 0.494 e. The molecule has 7 nitrogen and oxygen atoms in total. The highest BCUT2D eigenvalue weighted by atomic mass is 19.1. The van der Waals surface area contributed by atoms with Crippen LogP contribution in [0.5, 0.6) is 5.75 Å². The van der Waals surface area contributed by atoms with E-state index >= 15 is 0 Å². The quantitative estimate of drug-likeness (QED) is 0.560. The van der Waals surface area contributed by atoms with Crippen molar-refractivity contribution >= 4 is 11.7 Å². The minimum Gasteiger partial charge on any atom is -0.494 e. The molecule has 0 saturated heterocycles. The molecule has 0 unspecified atom stereocenters. The van der Waals surface area contributed by atoms with Gasteiger partial charge in [-0.05, 0) is 48.7 Å². The molecule has 1 aliphatic heterocycles. The number of rotatable bonds is 6. The maximum atomic E-state index is 14.7. The number of hydrogen-bond donors (Lipinski definition) is 3. The van der Waals surface area contributed by atoms with Crippen molar-refractivity contribution in [1.29, 1.82) is 0 Å². The number of anilines is 1. The van der Waals surface area contributed by atoms with Crippen LogP contribution in [0.2, 0.25) is 0 Å². The highest BCUT2D eigenvalue weighted by molar-refractivity contribution is 5.95. The second kappa shape index (κ2) is 8.73. The highest BCUT2D eigenvalue weighted by Crippen LogP contribution is 2.34. The molecule has 1 atom stereocenters. The Bertz CT molecular complexity index is 1090. The number of urea groups is 1. The minimum absolute atomic E-state index is 0.311. The average molecular weight is 428 g/mol. The molecule has 1 aromatic heterocycles. The number of aliphatic hydroxyl groups is 1. The molecule has 3 aromatic rings. The van der Waals surface area contributed by atoms with Gasteiger partial charge in [0, 0.05) is 29.9 Å². The molecule has 2 aromatic carbocycles. The first-order valence-electron chi connectivity index (χ1n) is 9.94. The number of fused-ring (bicyclic) bond motifs is 1. The lowest BCUT2D eigenvalue weighted by atomic mass is 10.0. The van der Waals surface area contributed by atoms with Crippen molar-refractivity contribution in [3.8, 4) is 16.9 Å². The summed E-state index contributed by atoms with van der Waals surface area (Å²) in [4.78, 5) is 14.3. The van der Waals surface area contributed by atoms with Crippen molar-refractivity contribution < 1.29 is 23.4 Å². The number of benzene rings is 2. The summed E-state index contributed by atoms with van der Waals surface area (Å²) in [7, 11) is 0. The summed E-state index contributed by atoms with van der Waals surface area (Å²) >= 11 is 0. The molecule has 1 aliphatic rings. The van der Waals surface area contributed by atoms with Crippen molar-refractivity contribution in [2.45, 2.75) is 19.4 Å². The van der Waals surface area contributed by atoms with Gasteiger partial charge in [-0.15, -0.1) is 0 Å². The van der Waals surface area contributed by atoms with Gasteiger partial charge >= 0.3 is 6.03 Å². The van der Waals surface area contributed by atoms with E-state index in [0.29, 0.717) is 47.7 Å². The van der Waals surface area contributed by atoms with E-state index in [2.05, 4.69) is 15.5 Å². The molecule has 0 bridgehead atoms. The van der Waals surface area contributed by atoms with Gasteiger partial charge in [0.05, 0.1) is 31.1 Å². The van der Waals surface area contributed by atoms with Crippen LogP contribution in [-0.2, 0) is 6.42 Å². The zero-order valence-electron chi connectivity index (χ0n) is 16.9. The van der Waals surface area contributed by atoms with Crippen molar-refractivity contribution in [3.63, 3.8) is 0 Å². The molecule has 4 rings (SSSR count). The van der Waals surface area contributed by atoms with Crippen LogP contribution >= 0.6 is 0 Å². The lowest BCUT2D eigenvalue weighted by molar-refractivity contribution is 0.221. The van der Waals surface area contributed by atoms with Crippen molar-refractivity contribution in [3.05, 3.63) is 65.5 Å². The van der Waals surface area contributed by atoms with Crippen molar-refractivity contribution in [2.24, 2.45) is 0 Å². The summed E-state index contributed by atoms with van der Waals surface area (Å²) in [6.45, 7) is 2.06. The first-order chi connectivity index (χ1) is 15.0. The summed E-state index contributed by atoms with van der Waals surface area (Å²) in [5, 5.41) is 19.0. The lowest BCUT2D eigenvalue weighted by Gasteiger charge is -2.23. The Hall–Kier alpha value is -3.46. The van der Waals surface area contributed by atoms with E-state index < -0.39 is 30.3 Å². The third-order valence-corrected chi connectivity index (χ3v) is 5.21. The number of aromatic amines is 1. The Balaban J connectivity index is 1.55. The first-order valence-corrected chi connectivity index (χ1v) is 9.94. The smallest absolute Gasteiger partial charge is 0.322 e. The molecule has 9 heteroatoms. The predicted octanol–water partition coefficient (Wildman–Crippen LogP) is 3.56. The summed E-state index contributed by atoms with van der Waals surface area (Å²) in [5.74, 6) is -0.690. The molecule has 0 saturated carbocycles. The Morgan fingerprint density at radius 2 is 2.16 bits per heavy atom. The monoisotopic (exact) mass is 428 g/mol. The van der Waals surface area contributed by atoms with Crippen LogP contribution in [0.15, 0.2) is 42.7 Å². The topological polar surface area (TPSA) is 90.5 Å². The molecular formula is C22H22F2N4O3. The molecule has 0 radical (unpaired) electrons. The number of aromatic nitrogens is 2. The molecular weight excluding hydrogens is 406 g/mol. The van der Waals surface area contributed by atoms with Crippen LogP contribution in [0.3, 0.4) is 0 Å². The molecule has 31 heavy (non-hydrogen) atoms. The van der Waals surface area contributed by atoms with Gasteiger partial charge in [-0.2, -0.15) is 5.10 Å². The number of nitrogens with one attached hydrogen (secondary N) is 2. The molecule has 0 spiro atoms. The van der Waals surface area contributed by atoms with Gasteiger partial charge in [0.1, 0.15) is 17.4 Å². The fraction of sp³-hybridized carbons (Fsp3) is 0.273. The van der Waals surface area contributed by atoms with E-state index in [4.69, 9.17) is 4.74 Å². The Kier molecular flexibility index (Phi) is 5.85. The van der Waals surface area contributed by atoms with Gasteiger partial charge in [-0.25, -0.2) is 13.6 Å². The molecule has 0 aliphatic carbocycles. The zero-order chi connectivity index (χ0) is 22.0. The van der Waals surface area contributed by atoms with Crippen molar-refractivity contribution in [2.75, 3.05) is 24.7 Å². The van der Waals surface area contributed by atoms with E-state index in [1.807, 2.05) is 0 Å². The molecule has 3 N–H and O–H groups in total. The first kappa shape index (κ1) is 20.8. The third-order valence-electron chi connectivity index (χ3n) is 5.21. The Morgan fingerprint density at radius 3 is 2.87 bits per heavy atom. The lowest BCUT2D eigenvalue weighted by Crippen LogP contribution is -2.42. The van der Waals surface area contributed by atoms with Crippen molar-refractivity contribution in [1.82, 2.24) is 15.5 Å². The number of carbonyl (C=O) groups excluding carboxylic acids is 1. The number of nitrogens with zero attached hydrogens (tertiary/aromatic N) is 2. The number of amides is 2. The van der Waals surface area contributed by atoms with E-state index in [0.717, 1.165) is 5.56 Å². The van der Waals surface area contributed by atoms with Gasteiger partial charge in [0.25, 0.3) is 0 Å². The van der Waals surface area contributed by atoms with Gasteiger partial charge in [-0.1, -0.05) is 0 Å². The fourth-order valence-corrected chi connectivity index (χ4v) is 3.74. The second-order valence-corrected chi connectivity index (χ2v) is 7.19. The van der Waals surface area contributed by atoms with E-state index in [1.165, 1.54) is 29.3 Å². The maximum Gasteiger partial charge on any atom is 0.322 e. The summed E-state index contributed by atoms with van der Waals surface area (Å²) in [6.07, 6.45) is 3.70. The standard InChI is InChI=1S/C22H22F2N4O3/c1-2-31-17-6-14(5-16(23)8-17)20(12-29)27-22(30)28-4-3-13-7-18(15-10-25-26-11-15)19(24)9-21(13)28/h5-11,20,29H,2-4,12H2,1H3,(H,25,26)(H,27,30)/t20-/m1/s1. The fourth-order valence-electron chi connectivity index (χ4n) is 3.74. The summed E-state index contributed by atoms with van der Waals surface area (Å²) in [5.41, 5.74) is 2.71. The number of ether oxygens (including phenoxy) is 1. The van der Waals surface area contributed by atoms with Gasteiger partial charge in [-0.3, -0.25) is 10.00 Å². The number of halogens is 2. The summed E-state index contributed by atoms with van der Waals surface area (Å²) < 4.78 is 34.0. The number of H-pyrrole nitrogens is 1. The minimum atomic E-state index is -0.846. The molecule has 2 heterocycles.